The molecule has 0 saturated heterocycles. The summed E-state index contributed by atoms with van der Waals surface area (Å²) < 4.78 is 0. The van der Waals surface area contributed by atoms with E-state index in [0.29, 0.717) is 6.54 Å². The van der Waals surface area contributed by atoms with Gasteiger partial charge in [-0.15, -0.1) is 11.3 Å². The van der Waals surface area contributed by atoms with Gasteiger partial charge in [0.2, 0.25) is 0 Å². The third kappa shape index (κ3) is 2.34. The zero-order valence-electron chi connectivity index (χ0n) is 11.2. The van der Waals surface area contributed by atoms with Crippen molar-refractivity contribution < 1.29 is 9.90 Å². The molecule has 2 heterocycles. The van der Waals surface area contributed by atoms with Crippen molar-refractivity contribution in [3.05, 3.63) is 51.5 Å². The van der Waals surface area contributed by atoms with Gasteiger partial charge in [0.15, 0.2) is 0 Å². The fraction of sp³-hybridized carbons (Fsp3) is 0.333. The van der Waals surface area contributed by atoms with Gasteiger partial charge >= 0.3 is 5.97 Å². The first-order valence-electron chi connectivity index (χ1n) is 6.60. The maximum atomic E-state index is 11.7. The summed E-state index contributed by atoms with van der Waals surface area (Å²) in [5, 5.41) is 12.5. The molecule has 1 aromatic heterocycles. The molecule has 104 valence electrons. The molecule has 1 aliphatic heterocycles. The Morgan fingerprint density at radius 1 is 1.55 bits per heavy atom. The summed E-state index contributed by atoms with van der Waals surface area (Å²) >= 11 is 1.57. The Labute approximate surface area is 121 Å². The van der Waals surface area contributed by atoms with Crippen LogP contribution in [0.1, 0.15) is 27.7 Å². The van der Waals surface area contributed by atoms with Crippen molar-refractivity contribution in [3.8, 4) is 0 Å². The van der Waals surface area contributed by atoms with Gasteiger partial charge in [0.25, 0.3) is 0 Å². The Kier molecular flexibility index (Phi) is 3.54. The predicted octanol–water partition coefficient (Wildman–Crippen LogP) is 2.64. The average molecular weight is 288 g/mol. The SMILES string of the molecule is Cc1cccc2c1CCN(Cc1nccs1)C2C(=O)O. The smallest absolute Gasteiger partial charge is 0.325 e. The Morgan fingerprint density at radius 3 is 3.10 bits per heavy atom. The highest BCUT2D eigenvalue weighted by atomic mass is 32.1. The number of benzene rings is 1. The highest BCUT2D eigenvalue weighted by Gasteiger charge is 2.33. The molecule has 1 unspecified atom stereocenters. The van der Waals surface area contributed by atoms with Crippen molar-refractivity contribution in [2.24, 2.45) is 0 Å². The summed E-state index contributed by atoms with van der Waals surface area (Å²) in [4.78, 5) is 18.0. The van der Waals surface area contributed by atoms with E-state index in [-0.39, 0.29) is 0 Å². The zero-order chi connectivity index (χ0) is 14.1. The van der Waals surface area contributed by atoms with E-state index in [2.05, 4.69) is 4.98 Å². The van der Waals surface area contributed by atoms with Gasteiger partial charge in [-0.2, -0.15) is 0 Å². The molecule has 0 fully saturated rings. The summed E-state index contributed by atoms with van der Waals surface area (Å²) in [6.45, 7) is 3.41. The van der Waals surface area contributed by atoms with Crippen LogP contribution in [0, 0.1) is 6.92 Å². The lowest BCUT2D eigenvalue weighted by molar-refractivity contribution is -0.144. The van der Waals surface area contributed by atoms with Crippen LogP contribution in [0.25, 0.3) is 0 Å². The first-order chi connectivity index (χ1) is 9.66. The molecule has 1 N–H and O–H groups in total. The molecule has 2 aromatic rings. The maximum absolute atomic E-state index is 11.7. The highest BCUT2D eigenvalue weighted by molar-refractivity contribution is 7.09. The quantitative estimate of drug-likeness (QED) is 0.943. The molecule has 20 heavy (non-hydrogen) atoms. The minimum atomic E-state index is -0.784. The van der Waals surface area contributed by atoms with Crippen molar-refractivity contribution in [1.29, 1.82) is 0 Å². The second kappa shape index (κ2) is 5.34. The minimum Gasteiger partial charge on any atom is -0.480 e. The Morgan fingerprint density at radius 2 is 2.40 bits per heavy atom. The predicted molar refractivity (Wildman–Crippen MR) is 77.8 cm³/mol. The van der Waals surface area contributed by atoms with Gasteiger partial charge in [0, 0.05) is 18.1 Å². The van der Waals surface area contributed by atoms with E-state index in [1.807, 2.05) is 35.4 Å². The lowest BCUT2D eigenvalue weighted by Crippen LogP contribution is -2.39. The molecule has 0 spiro atoms. The van der Waals surface area contributed by atoms with Crippen molar-refractivity contribution in [2.75, 3.05) is 6.54 Å². The topological polar surface area (TPSA) is 53.4 Å². The van der Waals surface area contributed by atoms with E-state index in [1.165, 1.54) is 11.1 Å². The second-order valence-corrected chi connectivity index (χ2v) is 6.01. The fourth-order valence-electron chi connectivity index (χ4n) is 2.87. The second-order valence-electron chi connectivity index (χ2n) is 5.03. The number of aryl methyl sites for hydroxylation is 1. The summed E-state index contributed by atoms with van der Waals surface area (Å²) in [5.41, 5.74) is 3.30. The number of thiazole rings is 1. The van der Waals surface area contributed by atoms with E-state index in [1.54, 1.807) is 17.5 Å². The third-order valence-corrected chi connectivity index (χ3v) is 4.58. The molecule has 1 aromatic carbocycles. The van der Waals surface area contributed by atoms with Gasteiger partial charge in [0.05, 0.1) is 6.54 Å². The number of hydrogen-bond acceptors (Lipinski definition) is 4. The molecule has 0 bridgehead atoms. The molecule has 0 amide bonds. The number of aliphatic carboxylic acids is 1. The van der Waals surface area contributed by atoms with Crippen molar-refractivity contribution in [2.45, 2.75) is 25.9 Å². The van der Waals surface area contributed by atoms with Crippen LogP contribution >= 0.6 is 11.3 Å². The number of carbonyl (C=O) groups is 1. The van der Waals surface area contributed by atoms with Crippen LogP contribution in [0.4, 0.5) is 0 Å². The number of hydrogen-bond donors (Lipinski definition) is 1. The van der Waals surface area contributed by atoms with Gasteiger partial charge in [-0.05, 0) is 30.0 Å². The molecular formula is C15H16N2O2S. The van der Waals surface area contributed by atoms with E-state index < -0.39 is 12.0 Å². The van der Waals surface area contributed by atoms with Gasteiger partial charge in [-0.3, -0.25) is 9.69 Å². The molecule has 0 radical (unpaired) electrons. The van der Waals surface area contributed by atoms with Crippen molar-refractivity contribution in [3.63, 3.8) is 0 Å². The van der Waals surface area contributed by atoms with Gasteiger partial charge in [0.1, 0.15) is 11.0 Å². The van der Waals surface area contributed by atoms with E-state index >= 15 is 0 Å². The van der Waals surface area contributed by atoms with Crippen LogP contribution in [-0.2, 0) is 17.8 Å². The molecule has 1 atom stereocenters. The summed E-state index contributed by atoms with van der Waals surface area (Å²) in [7, 11) is 0. The number of aromatic nitrogens is 1. The number of carboxylic acids is 1. The third-order valence-electron chi connectivity index (χ3n) is 3.81. The van der Waals surface area contributed by atoms with Crippen LogP contribution in [-0.4, -0.2) is 27.5 Å². The summed E-state index contributed by atoms with van der Waals surface area (Å²) in [5.74, 6) is -0.784. The first-order valence-corrected chi connectivity index (χ1v) is 7.48. The van der Waals surface area contributed by atoms with Crippen LogP contribution in [0.5, 0.6) is 0 Å². The highest BCUT2D eigenvalue weighted by Crippen LogP contribution is 2.33. The molecular weight excluding hydrogens is 272 g/mol. The van der Waals surface area contributed by atoms with Gasteiger partial charge in [-0.1, -0.05) is 18.2 Å². The van der Waals surface area contributed by atoms with Crippen molar-refractivity contribution >= 4 is 17.3 Å². The number of fused-ring (bicyclic) bond motifs is 1. The summed E-state index contributed by atoms with van der Waals surface area (Å²) in [6, 6.07) is 5.36. The zero-order valence-corrected chi connectivity index (χ0v) is 12.1. The van der Waals surface area contributed by atoms with E-state index in [0.717, 1.165) is 23.5 Å². The molecule has 4 nitrogen and oxygen atoms in total. The summed E-state index contributed by atoms with van der Waals surface area (Å²) in [6.07, 6.45) is 2.66. The minimum absolute atomic E-state index is 0.567. The van der Waals surface area contributed by atoms with Crippen LogP contribution < -0.4 is 0 Å². The Bertz CT molecular complexity index is 625. The number of nitrogens with zero attached hydrogens (tertiary/aromatic N) is 2. The van der Waals surface area contributed by atoms with Crippen molar-refractivity contribution in [1.82, 2.24) is 9.88 Å². The van der Waals surface area contributed by atoms with Crippen LogP contribution in [0.3, 0.4) is 0 Å². The normalized spacial score (nSPS) is 18.8. The molecule has 3 rings (SSSR count). The first kappa shape index (κ1) is 13.3. The van der Waals surface area contributed by atoms with Gasteiger partial charge < -0.3 is 5.11 Å². The Balaban J connectivity index is 1.96. The standard InChI is InChI=1S/C15H16N2O2S/c1-10-3-2-4-12-11(10)5-7-17(14(12)15(18)19)9-13-16-6-8-20-13/h2-4,6,8,14H,5,7,9H2,1H3,(H,18,19). The maximum Gasteiger partial charge on any atom is 0.325 e. The van der Waals surface area contributed by atoms with Crippen LogP contribution in [0.15, 0.2) is 29.8 Å². The van der Waals surface area contributed by atoms with Gasteiger partial charge in [-0.25, -0.2) is 4.98 Å². The van der Waals surface area contributed by atoms with E-state index in [4.69, 9.17) is 0 Å². The number of rotatable bonds is 3. The Hall–Kier alpha value is -1.72. The van der Waals surface area contributed by atoms with E-state index in [9.17, 15) is 9.90 Å². The average Bonchev–Trinajstić information content (AvgIpc) is 2.91. The largest absolute Gasteiger partial charge is 0.480 e. The lowest BCUT2D eigenvalue weighted by atomic mass is 9.89. The van der Waals surface area contributed by atoms with Crippen LogP contribution in [0.2, 0.25) is 0 Å². The molecule has 0 aliphatic carbocycles. The monoisotopic (exact) mass is 288 g/mol. The lowest BCUT2D eigenvalue weighted by Gasteiger charge is -2.34. The molecule has 0 saturated carbocycles. The number of carboxylic acid groups (broad SMARTS) is 1. The molecule has 1 aliphatic rings. The molecule has 5 heteroatoms. The fourth-order valence-corrected chi connectivity index (χ4v) is 3.51.